The molecule has 0 saturated heterocycles. The van der Waals surface area contributed by atoms with Crippen LogP contribution in [-0.4, -0.2) is 23.1 Å². The second-order valence-corrected chi connectivity index (χ2v) is 10.1. The smallest absolute Gasteiger partial charge is 0.310 e. The second kappa shape index (κ2) is 9.86. The molecule has 2 aromatic rings. The minimum atomic E-state index is -0.607. The standard InChI is InChI=1S/C27H37N3O3/c1-7-15-27(17-24(31)33-26(4,5)6)28-22-14-13-21(16-23(22)29-27)30(25(32)19(2)3)18-20-11-9-8-10-12-20/h8-14,16,19,28-29H,7,15,17-18H2,1-6H3. The molecule has 0 aromatic heterocycles. The van der Waals surface area contributed by atoms with Gasteiger partial charge in [0.1, 0.15) is 11.3 Å². The Morgan fingerprint density at radius 1 is 1.03 bits per heavy atom. The molecule has 0 aliphatic carbocycles. The van der Waals surface area contributed by atoms with Gasteiger partial charge in [-0.25, -0.2) is 0 Å². The SMILES string of the molecule is CCCC1(CC(=O)OC(C)(C)C)Nc2ccc(N(Cc3ccccc3)C(=O)C(C)C)cc2N1. The summed E-state index contributed by atoms with van der Waals surface area (Å²) in [6.07, 6.45) is 1.87. The summed E-state index contributed by atoms with van der Waals surface area (Å²) in [6.45, 7) is 12.1. The second-order valence-electron chi connectivity index (χ2n) is 10.1. The van der Waals surface area contributed by atoms with E-state index in [2.05, 4.69) is 17.6 Å². The zero-order valence-electron chi connectivity index (χ0n) is 20.7. The van der Waals surface area contributed by atoms with Crippen molar-refractivity contribution in [2.45, 2.75) is 78.6 Å². The van der Waals surface area contributed by atoms with E-state index in [1.54, 1.807) is 0 Å². The van der Waals surface area contributed by atoms with Crippen molar-refractivity contribution >= 4 is 28.9 Å². The lowest BCUT2D eigenvalue weighted by atomic mass is 10.0. The Morgan fingerprint density at radius 2 is 1.70 bits per heavy atom. The quantitative estimate of drug-likeness (QED) is 0.486. The number of nitrogens with zero attached hydrogens (tertiary/aromatic N) is 1. The van der Waals surface area contributed by atoms with E-state index in [0.29, 0.717) is 6.54 Å². The van der Waals surface area contributed by atoms with E-state index in [1.807, 2.05) is 88.0 Å². The molecule has 2 aromatic carbocycles. The van der Waals surface area contributed by atoms with Crippen LogP contribution in [0.4, 0.5) is 17.1 Å². The van der Waals surface area contributed by atoms with Crippen molar-refractivity contribution in [3.05, 3.63) is 54.1 Å². The average Bonchev–Trinajstić information content (AvgIpc) is 3.07. The Morgan fingerprint density at radius 3 is 2.30 bits per heavy atom. The van der Waals surface area contributed by atoms with Gasteiger partial charge in [-0.15, -0.1) is 0 Å². The summed E-state index contributed by atoms with van der Waals surface area (Å²) in [5.74, 6) is -0.303. The highest BCUT2D eigenvalue weighted by Gasteiger charge is 2.39. The summed E-state index contributed by atoms with van der Waals surface area (Å²) in [5.41, 5.74) is 2.58. The first-order chi connectivity index (χ1) is 15.5. The van der Waals surface area contributed by atoms with E-state index in [1.165, 1.54) is 0 Å². The highest BCUT2D eigenvalue weighted by atomic mass is 16.6. The van der Waals surface area contributed by atoms with E-state index in [0.717, 1.165) is 35.5 Å². The highest BCUT2D eigenvalue weighted by molar-refractivity contribution is 5.96. The molecule has 0 saturated carbocycles. The maximum absolute atomic E-state index is 13.1. The Bertz CT molecular complexity index is 982. The Labute approximate surface area is 197 Å². The van der Waals surface area contributed by atoms with Gasteiger partial charge in [-0.2, -0.15) is 0 Å². The largest absolute Gasteiger partial charge is 0.460 e. The number of fused-ring (bicyclic) bond motifs is 1. The van der Waals surface area contributed by atoms with Crippen LogP contribution < -0.4 is 15.5 Å². The van der Waals surface area contributed by atoms with Crippen molar-refractivity contribution in [3.8, 4) is 0 Å². The molecule has 1 amide bonds. The molecular weight excluding hydrogens is 414 g/mol. The number of carbonyl (C=O) groups excluding carboxylic acids is 2. The summed E-state index contributed by atoms with van der Waals surface area (Å²) in [6, 6.07) is 15.9. The van der Waals surface area contributed by atoms with Gasteiger partial charge in [0.25, 0.3) is 0 Å². The van der Waals surface area contributed by atoms with Gasteiger partial charge in [0.05, 0.1) is 24.3 Å². The van der Waals surface area contributed by atoms with Gasteiger partial charge in [-0.1, -0.05) is 57.5 Å². The van der Waals surface area contributed by atoms with Gasteiger partial charge >= 0.3 is 5.97 Å². The van der Waals surface area contributed by atoms with Crippen molar-refractivity contribution in [1.82, 2.24) is 0 Å². The fourth-order valence-corrected chi connectivity index (χ4v) is 4.19. The lowest BCUT2D eigenvalue weighted by Crippen LogP contribution is -2.45. The first-order valence-electron chi connectivity index (χ1n) is 11.8. The average molecular weight is 452 g/mol. The summed E-state index contributed by atoms with van der Waals surface area (Å²) in [4.78, 5) is 27.5. The van der Waals surface area contributed by atoms with Crippen molar-refractivity contribution < 1.29 is 14.3 Å². The van der Waals surface area contributed by atoms with Crippen LogP contribution in [0.25, 0.3) is 0 Å². The molecule has 0 radical (unpaired) electrons. The molecule has 178 valence electrons. The Kier molecular flexibility index (Phi) is 7.35. The number of amides is 1. The van der Waals surface area contributed by atoms with E-state index >= 15 is 0 Å². The molecule has 6 heteroatoms. The minimum Gasteiger partial charge on any atom is -0.460 e. The number of hydrogen-bond donors (Lipinski definition) is 2. The van der Waals surface area contributed by atoms with Crippen LogP contribution >= 0.6 is 0 Å². The number of anilines is 3. The van der Waals surface area contributed by atoms with Crippen LogP contribution in [0.1, 0.15) is 66.4 Å². The molecule has 1 atom stereocenters. The molecule has 1 aliphatic heterocycles. The topological polar surface area (TPSA) is 70.7 Å². The maximum Gasteiger partial charge on any atom is 0.310 e. The van der Waals surface area contributed by atoms with E-state index < -0.39 is 11.3 Å². The monoisotopic (exact) mass is 451 g/mol. The lowest BCUT2D eigenvalue weighted by Gasteiger charge is -2.31. The van der Waals surface area contributed by atoms with Crippen LogP contribution in [0, 0.1) is 5.92 Å². The predicted molar refractivity (Wildman–Crippen MR) is 134 cm³/mol. The number of benzene rings is 2. The number of rotatable bonds is 8. The van der Waals surface area contributed by atoms with Crippen LogP contribution in [-0.2, 0) is 20.9 Å². The molecule has 33 heavy (non-hydrogen) atoms. The Balaban J connectivity index is 1.87. The van der Waals surface area contributed by atoms with Gasteiger partial charge < -0.3 is 20.3 Å². The number of esters is 1. The maximum atomic E-state index is 13.1. The van der Waals surface area contributed by atoms with E-state index in [9.17, 15) is 9.59 Å². The number of carbonyl (C=O) groups is 2. The van der Waals surface area contributed by atoms with Gasteiger partial charge in [0, 0.05) is 11.6 Å². The summed E-state index contributed by atoms with van der Waals surface area (Å²) in [5, 5.41) is 7.06. The number of hydrogen-bond acceptors (Lipinski definition) is 5. The van der Waals surface area contributed by atoms with Crippen molar-refractivity contribution in [2.75, 3.05) is 15.5 Å². The van der Waals surface area contributed by atoms with Gasteiger partial charge in [-0.3, -0.25) is 9.59 Å². The molecule has 0 fully saturated rings. The van der Waals surface area contributed by atoms with Crippen molar-refractivity contribution in [1.29, 1.82) is 0 Å². The molecule has 6 nitrogen and oxygen atoms in total. The molecule has 2 N–H and O–H groups in total. The number of nitrogens with one attached hydrogen (secondary N) is 2. The molecule has 1 heterocycles. The predicted octanol–water partition coefficient (Wildman–Crippen LogP) is 5.94. The summed E-state index contributed by atoms with van der Waals surface area (Å²) >= 11 is 0. The third-order valence-electron chi connectivity index (χ3n) is 5.55. The van der Waals surface area contributed by atoms with Crippen molar-refractivity contribution in [3.63, 3.8) is 0 Å². The summed E-state index contributed by atoms with van der Waals surface area (Å²) in [7, 11) is 0. The first kappa shape index (κ1) is 24.6. The van der Waals surface area contributed by atoms with Crippen LogP contribution in [0.15, 0.2) is 48.5 Å². The molecule has 1 unspecified atom stereocenters. The van der Waals surface area contributed by atoms with Crippen LogP contribution in [0.3, 0.4) is 0 Å². The van der Waals surface area contributed by atoms with Gasteiger partial charge in [0.15, 0.2) is 0 Å². The molecule has 0 spiro atoms. The summed E-state index contributed by atoms with van der Waals surface area (Å²) < 4.78 is 5.58. The first-order valence-corrected chi connectivity index (χ1v) is 11.8. The van der Waals surface area contributed by atoms with E-state index in [-0.39, 0.29) is 24.2 Å². The van der Waals surface area contributed by atoms with Gasteiger partial charge in [-0.05, 0) is 51.0 Å². The fraction of sp³-hybridized carbons (Fsp3) is 0.481. The van der Waals surface area contributed by atoms with E-state index in [4.69, 9.17) is 4.74 Å². The normalized spacial score (nSPS) is 17.2. The third kappa shape index (κ3) is 6.28. The molecule has 3 rings (SSSR count). The van der Waals surface area contributed by atoms with Gasteiger partial charge in [0.2, 0.25) is 5.91 Å². The molecule has 0 bridgehead atoms. The Hall–Kier alpha value is -3.02. The molecular formula is C27H37N3O3. The third-order valence-corrected chi connectivity index (χ3v) is 5.55. The number of ether oxygens (including phenoxy) is 1. The van der Waals surface area contributed by atoms with Crippen LogP contribution in [0.5, 0.6) is 0 Å². The van der Waals surface area contributed by atoms with Crippen LogP contribution in [0.2, 0.25) is 0 Å². The fourth-order valence-electron chi connectivity index (χ4n) is 4.19. The minimum absolute atomic E-state index is 0.0679. The molecule has 1 aliphatic rings. The lowest BCUT2D eigenvalue weighted by molar-refractivity contribution is -0.155. The highest BCUT2D eigenvalue weighted by Crippen LogP contribution is 2.41. The zero-order valence-corrected chi connectivity index (χ0v) is 20.7. The zero-order chi connectivity index (χ0) is 24.2. The van der Waals surface area contributed by atoms with Crippen molar-refractivity contribution in [2.24, 2.45) is 5.92 Å².